The first kappa shape index (κ1) is 17.6. The van der Waals surface area contributed by atoms with E-state index in [0.29, 0.717) is 21.8 Å². The molecule has 124 valence electrons. The molecule has 23 heavy (non-hydrogen) atoms. The molecule has 1 aromatic carbocycles. The minimum absolute atomic E-state index is 0.0101. The Morgan fingerprint density at radius 1 is 1.43 bits per heavy atom. The van der Waals surface area contributed by atoms with Gasteiger partial charge in [0.25, 0.3) is 0 Å². The van der Waals surface area contributed by atoms with Crippen molar-refractivity contribution in [3.8, 4) is 0 Å². The molecule has 2 aromatic rings. The topological polar surface area (TPSA) is 84.1 Å². The highest BCUT2D eigenvalue weighted by Gasteiger charge is 2.08. The van der Waals surface area contributed by atoms with Crippen LogP contribution in [0.25, 0.3) is 0 Å². The summed E-state index contributed by atoms with van der Waals surface area (Å²) in [6.45, 7) is 6.48. The molecule has 1 amide bonds. The van der Waals surface area contributed by atoms with Crippen LogP contribution >= 0.6 is 23.1 Å². The van der Waals surface area contributed by atoms with Crippen molar-refractivity contribution in [1.82, 2.24) is 15.5 Å². The summed E-state index contributed by atoms with van der Waals surface area (Å²) in [7, 11) is 0. The molecule has 1 aromatic heterocycles. The number of nitrogens with two attached hydrogens (primary N) is 1. The lowest BCUT2D eigenvalue weighted by Crippen LogP contribution is -2.35. The molecule has 6 nitrogen and oxygen atoms in total. The van der Waals surface area contributed by atoms with E-state index in [1.54, 1.807) is 0 Å². The molecule has 0 saturated carbocycles. The number of aryl methyl sites for hydroxylation is 1. The van der Waals surface area contributed by atoms with E-state index in [1.807, 2.05) is 0 Å². The molecule has 0 aliphatic carbocycles. The van der Waals surface area contributed by atoms with Gasteiger partial charge in [-0.2, -0.15) is 0 Å². The van der Waals surface area contributed by atoms with Gasteiger partial charge in [-0.1, -0.05) is 35.2 Å². The van der Waals surface area contributed by atoms with Crippen molar-refractivity contribution < 1.29 is 4.79 Å². The minimum Gasteiger partial charge on any atom is -0.374 e. The van der Waals surface area contributed by atoms with Crippen molar-refractivity contribution >= 4 is 39.8 Å². The van der Waals surface area contributed by atoms with E-state index in [1.165, 1.54) is 34.3 Å². The van der Waals surface area contributed by atoms with Crippen molar-refractivity contribution in [2.45, 2.75) is 18.2 Å². The summed E-state index contributed by atoms with van der Waals surface area (Å²) in [4.78, 5) is 14.1. The summed E-state index contributed by atoms with van der Waals surface area (Å²) >= 11 is 2.64. The molecule has 0 aliphatic rings. The number of nitrogen functional groups attached to an aromatic ring is 1. The predicted molar refractivity (Wildman–Crippen MR) is 97.1 cm³/mol. The van der Waals surface area contributed by atoms with Gasteiger partial charge in [-0.15, -0.1) is 10.2 Å². The van der Waals surface area contributed by atoms with E-state index >= 15 is 0 Å². The number of amides is 1. The third-order valence-electron chi connectivity index (χ3n) is 3.20. The standard InChI is InChI=1S/C15H21N5OS2/c1-3-20(12-6-4-5-11(2)9-12)8-7-17-13(21)10-22-15-19-18-14(16)23-15/h4-6,9H,3,7-8,10H2,1-2H3,(H2,16,18)(H,17,21). The van der Waals surface area contributed by atoms with E-state index in [-0.39, 0.29) is 5.91 Å². The summed E-state index contributed by atoms with van der Waals surface area (Å²) in [6, 6.07) is 8.38. The number of anilines is 2. The molecule has 0 unspecified atom stereocenters. The second-order valence-electron chi connectivity index (χ2n) is 4.96. The van der Waals surface area contributed by atoms with Gasteiger partial charge in [-0.25, -0.2) is 0 Å². The second kappa shape index (κ2) is 8.73. The molecule has 3 N–H and O–H groups in total. The number of carbonyl (C=O) groups is 1. The number of hydrogen-bond donors (Lipinski definition) is 2. The highest BCUT2D eigenvalue weighted by Crippen LogP contribution is 2.22. The van der Waals surface area contributed by atoms with Gasteiger partial charge in [0.2, 0.25) is 11.0 Å². The third kappa shape index (κ3) is 5.72. The Morgan fingerprint density at radius 2 is 2.26 bits per heavy atom. The zero-order valence-corrected chi connectivity index (χ0v) is 14.9. The van der Waals surface area contributed by atoms with E-state index in [0.717, 1.165) is 13.1 Å². The SMILES string of the molecule is CCN(CCNC(=O)CSc1nnc(N)s1)c1cccc(C)c1. The number of rotatable bonds is 8. The third-order valence-corrected chi connectivity index (χ3v) is 5.09. The molecular formula is C15H21N5OS2. The highest BCUT2D eigenvalue weighted by molar-refractivity contribution is 8.01. The fourth-order valence-corrected chi connectivity index (χ4v) is 3.55. The van der Waals surface area contributed by atoms with Gasteiger partial charge in [0.05, 0.1) is 5.75 Å². The highest BCUT2D eigenvalue weighted by atomic mass is 32.2. The van der Waals surface area contributed by atoms with Crippen LogP contribution in [0.1, 0.15) is 12.5 Å². The molecular weight excluding hydrogens is 330 g/mol. The number of hydrogen-bond acceptors (Lipinski definition) is 7. The fourth-order valence-electron chi connectivity index (χ4n) is 2.08. The van der Waals surface area contributed by atoms with Crippen molar-refractivity contribution in [2.24, 2.45) is 0 Å². The zero-order chi connectivity index (χ0) is 16.7. The molecule has 0 aliphatic heterocycles. The quantitative estimate of drug-likeness (QED) is 0.709. The van der Waals surface area contributed by atoms with Crippen molar-refractivity contribution in [2.75, 3.05) is 36.0 Å². The van der Waals surface area contributed by atoms with Crippen molar-refractivity contribution in [3.63, 3.8) is 0 Å². The van der Waals surface area contributed by atoms with Crippen LogP contribution < -0.4 is 16.0 Å². The summed E-state index contributed by atoms with van der Waals surface area (Å²) in [6.07, 6.45) is 0. The number of nitrogens with zero attached hydrogens (tertiary/aromatic N) is 3. The van der Waals surface area contributed by atoms with E-state index in [4.69, 9.17) is 5.73 Å². The van der Waals surface area contributed by atoms with Crippen molar-refractivity contribution in [1.29, 1.82) is 0 Å². The first-order valence-electron chi connectivity index (χ1n) is 7.38. The monoisotopic (exact) mass is 351 g/mol. The molecule has 0 atom stereocenters. The van der Waals surface area contributed by atoms with Crippen LogP contribution in [0.3, 0.4) is 0 Å². The normalized spacial score (nSPS) is 10.5. The van der Waals surface area contributed by atoms with Gasteiger partial charge < -0.3 is 16.0 Å². The van der Waals surface area contributed by atoms with Gasteiger partial charge >= 0.3 is 0 Å². The van der Waals surface area contributed by atoms with Crippen LogP contribution in [0, 0.1) is 6.92 Å². The molecule has 8 heteroatoms. The summed E-state index contributed by atoms with van der Waals surface area (Å²) in [5.41, 5.74) is 7.92. The number of nitrogens with one attached hydrogen (secondary N) is 1. The van der Waals surface area contributed by atoms with Gasteiger partial charge in [-0.05, 0) is 31.5 Å². The summed E-state index contributed by atoms with van der Waals surface area (Å²) in [5.74, 6) is 0.314. The van der Waals surface area contributed by atoms with Gasteiger partial charge in [-0.3, -0.25) is 4.79 Å². The summed E-state index contributed by atoms with van der Waals surface area (Å²) in [5, 5.41) is 10.9. The fraction of sp³-hybridized carbons (Fsp3) is 0.400. The Hall–Kier alpha value is -1.80. The Morgan fingerprint density at radius 3 is 2.91 bits per heavy atom. The number of carbonyl (C=O) groups excluding carboxylic acids is 1. The molecule has 1 heterocycles. The Bertz CT molecular complexity index is 646. The molecule has 0 saturated heterocycles. The van der Waals surface area contributed by atoms with Crippen LogP contribution in [0.2, 0.25) is 0 Å². The maximum absolute atomic E-state index is 11.9. The lowest BCUT2D eigenvalue weighted by atomic mass is 10.2. The van der Waals surface area contributed by atoms with Gasteiger partial charge in [0, 0.05) is 25.3 Å². The lowest BCUT2D eigenvalue weighted by molar-refractivity contribution is -0.118. The van der Waals surface area contributed by atoms with Gasteiger partial charge in [0.1, 0.15) is 0 Å². The zero-order valence-electron chi connectivity index (χ0n) is 13.3. The number of thioether (sulfide) groups is 1. The summed E-state index contributed by atoms with van der Waals surface area (Å²) < 4.78 is 0.715. The molecule has 0 radical (unpaired) electrons. The Balaban J connectivity index is 1.73. The second-order valence-corrected chi connectivity index (χ2v) is 7.20. The van der Waals surface area contributed by atoms with Crippen LogP contribution in [0.15, 0.2) is 28.6 Å². The smallest absolute Gasteiger partial charge is 0.230 e. The largest absolute Gasteiger partial charge is 0.374 e. The van der Waals surface area contributed by atoms with E-state index in [9.17, 15) is 4.79 Å². The predicted octanol–water partition coefficient (Wildman–Crippen LogP) is 2.16. The van der Waals surface area contributed by atoms with Crippen LogP contribution in [-0.2, 0) is 4.79 Å². The molecule has 0 fully saturated rings. The van der Waals surface area contributed by atoms with E-state index < -0.39 is 0 Å². The van der Waals surface area contributed by atoms with Crippen molar-refractivity contribution in [3.05, 3.63) is 29.8 Å². The van der Waals surface area contributed by atoms with Crippen LogP contribution in [0.5, 0.6) is 0 Å². The van der Waals surface area contributed by atoms with Crippen LogP contribution in [0.4, 0.5) is 10.8 Å². The minimum atomic E-state index is -0.0101. The molecule has 2 rings (SSSR count). The first-order chi connectivity index (χ1) is 11.1. The molecule has 0 spiro atoms. The Labute approximate surface area is 144 Å². The lowest BCUT2D eigenvalue weighted by Gasteiger charge is -2.23. The van der Waals surface area contributed by atoms with Gasteiger partial charge in [0.15, 0.2) is 4.34 Å². The van der Waals surface area contributed by atoms with E-state index in [2.05, 4.69) is 58.5 Å². The Kier molecular flexibility index (Phi) is 6.66. The number of likely N-dealkylation sites (N-methyl/N-ethyl adjacent to an activating group) is 1. The maximum atomic E-state index is 11.9. The molecule has 0 bridgehead atoms. The average molecular weight is 352 g/mol. The maximum Gasteiger partial charge on any atom is 0.230 e. The van der Waals surface area contributed by atoms with Crippen LogP contribution in [-0.4, -0.2) is 41.5 Å². The first-order valence-corrected chi connectivity index (χ1v) is 9.18. The number of aromatic nitrogens is 2. The average Bonchev–Trinajstić information content (AvgIpc) is 2.95. The number of benzene rings is 1.